The molecule has 1 aromatic carbocycles. The number of rotatable bonds is 3. The van der Waals surface area contributed by atoms with Crippen molar-refractivity contribution in [2.75, 3.05) is 12.8 Å². The van der Waals surface area contributed by atoms with E-state index in [4.69, 9.17) is 10.5 Å². The zero-order chi connectivity index (χ0) is 14.1. The van der Waals surface area contributed by atoms with Gasteiger partial charge >= 0.3 is 0 Å². The minimum Gasteiger partial charge on any atom is -0.481 e. The van der Waals surface area contributed by atoms with E-state index in [1.165, 1.54) is 0 Å². The number of nitrogens with two attached hydrogens (primary N) is 1. The number of hydrogen-bond acceptors (Lipinski definition) is 4. The second-order valence-electron chi connectivity index (χ2n) is 4.70. The van der Waals surface area contributed by atoms with Gasteiger partial charge in [-0.05, 0) is 30.7 Å². The van der Waals surface area contributed by atoms with Crippen molar-refractivity contribution >= 4 is 16.7 Å². The molecule has 0 unspecified atom stereocenters. The SMILES string of the molecule is COc1ccc(Cn2c(C)nc3cc(N)ccc32)cn1. The van der Waals surface area contributed by atoms with Gasteiger partial charge in [0.2, 0.25) is 5.88 Å². The second-order valence-corrected chi connectivity index (χ2v) is 4.70. The van der Waals surface area contributed by atoms with Gasteiger partial charge in [0.25, 0.3) is 0 Å². The molecule has 3 aromatic rings. The number of nitrogen functional groups attached to an aromatic ring is 1. The molecule has 0 fully saturated rings. The van der Waals surface area contributed by atoms with Crippen LogP contribution in [0.5, 0.6) is 5.88 Å². The topological polar surface area (TPSA) is 66.0 Å². The standard InChI is InChI=1S/C15H16N4O/c1-10-18-13-7-12(16)4-5-14(13)19(10)9-11-3-6-15(20-2)17-8-11/h3-8H,9,16H2,1-2H3. The average Bonchev–Trinajstić information content (AvgIpc) is 2.75. The summed E-state index contributed by atoms with van der Waals surface area (Å²) in [7, 11) is 1.61. The van der Waals surface area contributed by atoms with Crippen LogP contribution in [-0.4, -0.2) is 21.6 Å². The maximum absolute atomic E-state index is 5.79. The van der Waals surface area contributed by atoms with Gasteiger partial charge in [-0.1, -0.05) is 6.07 Å². The van der Waals surface area contributed by atoms with E-state index in [0.29, 0.717) is 5.88 Å². The Balaban J connectivity index is 1.99. The van der Waals surface area contributed by atoms with E-state index in [9.17, 15) is 0 Å². The second kappa shape index (κ2) is 4.85. The first kappa shape index (κ1) is 12.5. The summed E-state index contributed by atoms with van der Waals surface area (Å²) < 4.78 is 7.22. The van der Waals surface area contributed by atoms with Crippen LogP contribution in [0.1, 0.15) is 11.4 Å². The van der Waals surface area contributed by atoms with Crippen LogP contribution in [-0.2, 0) is 6.54 Å². The lowest BCUT2D eigenvalue weighted by molar-refractivity contribution is 0.397. The quantitative estimate of drug-likeness (QED) is 0.741. The Morgan fingerprint density at radius 2 is 2.10 bits per heavy atom. The summed E-state index contributed by atoms with van der Waals surface area (Å²) >= 11 is 0. The molecule has 0 aliphatic rings. The summed E-state index contributed by atoms with van der Waals surface area (Å²) in [6.07, 6.45) is 1.82. The fraction of sp³-hybridized carbons (Fsp3) is 0.200. The van der Waals surface area contributed by atoms with Crippen molar-refractivity contribution in [1.29, 1.82) is 0 Å². The molecule has 3 rings (SSSR count). The number of anilines is 1. The normalized spacial score (nSPS) is 10.9. The van der Waals surface area contributed by atoms with E-state index in [0.717, 1.165) is 34.7 Å². The summed E-state index contributed by atoms with van der Waals surface area (Å²) in [6.45, 7) is 2.72. The lowest BCUT2D eigenvalue weighted by Crippen LogP contribution is -2.02. The van der Waals surface area contributed by atoms with Gasteiger partial charge in [-0.25, -0.2) is 9.97 Å². The molecule has 0 amide bonds. The minimum atomic E-state index is 0.619. The summed E-state index contributed by atoms with van der Waals surface area (Å²) in [5.74, 6) is 1.58. The van der Waals surface area contributed by atoms with Crippen LogP contribution in [0.3, 0.4) is 0 Å². The highest BCUT2D eigenvalue weighted by Crippen LogP contribution is 2.20. The minimum absolute atomic E-state index is 0.619. The molecule has 2 heterocycles. The van der Waals surface area contributed by atoms with Gasteiger partial charge in [0.1, 0.15) is 5.82 Å². The summed E-state index contributed by atoms with van der Waals surface area (Å²) in [6, 6.07) is 9.66. The molecule has 20 heavy (non-hydrogen) atoms. The number of aryl methyl sites for hydroxylation is 1. The molecule has 0 saturated carbocycles. The number of methoxy groups -OCH3 is 1. The number of pyridine rings is 1. The summed E-state index contributed by atoms with van der Waals surface area (Å²) in [5, 5.41) is 0. The van der Waals surface area contributed by atoms with Gasteiger partial charge in [0.15, 0.2) is 0 Å². The Kier molecular flexibility index (Phi) is 3.02. The van der Waals surface area contributed by atoms with Gasteiger partial charge in [-0.2, -0.15) is 0 Å². The number of benzene rings is 1. The highest BCUT2D eigenvalue weighted by Gasteiger charge is 2.08. The molecule has 0 saturated heterocycles. The molecule has 0 radical (unpaired) electrons. The first-order valence-electron chi connectivity index (χ1n) is 6.38. The molecule has 0 aliphatic carbocycles. The first-order chi connectivity index (χ1) is 9.67. The largest absolute Gasteiger partial charge is 0.481 e. The van der Waals surface area contributed by atoms with E-state index >= 15 is 0 Å². The number of hydrogen-bond donors (Lipinski definition) is 1. The van der Waals surface area contributed by atoms with Crippen LogP contribution in [0.25, 0.3) is 11.0 Å². The molecule has 0 atom stereocenters. The molecule has 0 aliphatic heterocycles. The first-order valence-corrected chi connectivity index (χ1v) is 6.38. The highest BCUT2D eigenvalue weighted by atomic mass is 16.5. The van der Waals surface area contributed by atoms with E-state index in [1.54, 1.807) is 7.11 Å². The third kappa shape index (κ3) is 2.18. The van der Waals surface area contributed by atoms with Crippen LogP contribution in [0.15, 0.2) is 36.5 Å². The Morgan fingerprint density at radius 1 is 1.25 bits per heavy atom. The number of fused-ring (bicyclic) bond motifs is 1. The molecule has 0 bridgehead atoms. The van der Waals surface area contributed by atoms with Crippen LogP contribution >= 0.6 is 0 Å². The van der Waals surface area contributed by atoms with Crippen molar-refractivity contribution in [1.82, 2.24) is 14.5 Å². The van der Waals surface area contributed by atoms with Crippen LogP contribution in [0, 0.1) is 6.92 Å². The van der Waals surface area contributed by atoms with Gasteiger partial charge in [0, 0.05) is 18.0 Å². The van der Waals surface area contributed by atoms with Crippen molar-refractivity contribution in [3.05, 3.63) is 47.9 Å². The van der Waals surface area contributed by atoms with E-state index in [-0.39, 0.29) is 0 Å². The molecule has 0 spiro atoms. The Morgan fingerprint density at radius 3 is 2.80 bits per heavy atom. The van der Waals surface area contributed by atoms with Crippen LogP contribution < -0.4 is 10.5 Å². The fourth-order valence-electron chi connectivity index (χ4n) is 2.27. The van der Waals surface area contributed by atoms with Gasteiger partial charge < -0.3 is 15.0 Å². The van der Waals surface area contributed by atoms with E-state index in [1.807, 2.05) is 43.5 Å². The maximum Gasteiger partial charge on any atom is 0.212 e. The van der Waals surface area contributed by atoms with Crippen LogP contribution in [0.4, 0.5) is 5.69 Å². The van der Waals surface area contributed by atoms with E-state index < -0.39 is 0 Å². The maximum atomic E-state index is 5.79. The fourth-order valence-corrected chi connectivity index (χ4v) is 2.27. The molecule has 102 valence electrons. The van der Waals surface area contributed by atoms with Crippen molar-refractivity contribution < 1.29 is 4.74 Å². The smallest absolute Gasteiger partial charge is 0.212 e. The zero-order valence-corrected chi connectivity index (χ0v) is 11.5. The molecule has 2 N–H and O–H groups in total. The number of aromatic nitrogens is 3. The molecular weight excluding hydrogens is 252 g/mol. The van der Waals surface area contributed by atoms with Crippen molar-refractivity contribution in [3.8, 4) is 5.88 Å². The summed E-state index contributed by atoms with van der Waals surface area (Å²) in [4.78, 5) is 8.77. The Bertz CT molecular complexity index is 746. The van der Waals surface area contributed by atoms with Gasteiger partial charge in [-0.3, -0.25) is 0 Å². The number of ether oxygens (including phenoxy) is 1. The molecule has 5 heteroatoms. The monoisotopic (exact) mass is 268 g/mol. The third-order valence-corrected chi connectivity index (χ3v) is 3.31. The van der Waals surface area contributed by atoms with Crippen molar-refractivity contribution in [2.45, 2.75) is 13.5 Å². The number of imidazole rings is 1. The van der Waals surface area contributed by atoms with Crippen molar-refractivity contribution in [2.24, 2.45) is 0 Å². The third-order valence-electron chi connectivity index (χ3n) is 3.31. The predicted octanol–water partition coefficient (Wildman–Crippen LogP) is 2.38. The zero-order valence-electron chi connectivity index (χ0n) is 11.5. The van der Waals surface area contributed by atoms with E-state index in [2.05, 4.69) is 14.5 Å². The lowest BCUT2D eigenvalue weighted by Gasteiger charge is -2.07. The Labute approximate surface area is 117 Å². The highest BCUT2D eigenvalue weighted by molar-refractivity contribution is 5.79. The molecular formula is C15H16N4O. The number of nitrogens with zero attached hydrogens (tertiary/aromatic N) is 3. The molecule has 2 aromatic heterocycles. The van der Waals surface area contributed by atoms with Gasteiger partial charge in [0.05, 0.1) is 24.7 Å². The lowest BCUT2D eigenvalue weighted by atomic mass is 10.2. The summed E-state index contributed by atoms with van der Waals surface area (Å²) in [5.41, 5.74) is 9.62. The predicted molar refractivity (Wildman–Crippen MR) is 78.8 cm³/mol. The average molecular weight is 268 g/mol. The molecule has 5 nitrogen and oxygen atoms in total. The Hall–Kier alpha value is -2.56. The van der Waals surface area contributed by atoms with Crippen molar-refractivity contribution in [3.63, 3.8) is 0 Å². The van der Waals surface area contributed by atoms with Crippen LogP contribution in [0.2, 0.25) is 0 Å². The van der Waals surface area contributed by atoms with Gasteiger partial charge in [-0.15, -0.1) is 0 Å².